The highest BCUT2D eigenvalue weighted by Crippen LogP contribution is 2.13. The van der Waals surface area contributed by atoms with Gasteiger partial charge in [0.2, 0.25) is 5.91 Å². The summed E-state index contributed by atoms with van der Waals surface area (Å²) in [6.45, 7) is 3.62. The molecule has 1 aliphatic rings. The summed E-state index contributed by atoms with van der Waals surface area (Å²) in [6.07, 6.45) is 4.94. The van der Waals surface area contributed by atoms with Crippen LogP contribution in [0, 0.1) is 0 Å². The quantitative estimate of drug-likeness (QED) is 0.826. The zero-order valence-corrected chi connectivity index (χ0v) is 10.3. The number of hydrogen-bond acceptors (Lipinski definition) is 4. The number of carbonyl (C=O) groups excluding carboxylic acids is 1. The van der Waals surface area contributed by atoms with E-state index in [1.807, 2.05) is 6.20 Å². The second-order valence-corrected chi connectivity index (χ2v) is 5.14. The zero-order valence-electron chi connectivity index (χ0n) is 9.45. The van der Waals surface area contributed by atoms with Crippen molar-refractivity contribution in [3.63, 3.8) is 0 Å². The van der Waals surface area contributed by atoms with Crippen LogP contribution in [0.15, 0.2) is 6.20 Å². The number of nitrogens with one attached hydrogen (secondary N) is 2. The van der Waals surface area contributed by atoms with Crippen molar-refractivity contribution in [1.82, 2.24) is 15.6 Å². The number of aromatic nitrogens is 1. The predicted octanol–water partition coefficient (Wildman–Crippen LogP) is 1.07. The van der Waals surface area contributed by atoms with Crippen molar-refractivity contribution in [2.75, 3.05) is 6.54 Å². The van der Waals surface area contributed by atoms with Gasteiger partial charge in [0.25, 0.3) is 0 Å². The van der Waals surface area contributed by atoms with Gasteiger partial charge in [-0.3, -0.25) is 4.79 Å². The van der Waals surface area contributed by atoms with Gasteiger partial charge in [-0.2, -0.15) is 0 Å². The Morgan fingerprint density at radius 1 is 1.75 bits per heavy atom. The third-order valence-electron chi connectivity index (χ3n) is 2.74. The molecule has 16 heavy (non-hydrogen) atoms. The Morgan fingerprint density at radius 3 is 3.25 bits per heavy atom. The first-order valence-electron chi connectivity index (χ1n) is 5.74. The summed E-state index contributed by atoms with van der Waals surface area (Å²) in [5, 5.41) is 7.09. The van der Waals surface area contributed by atoms with Gasteiger partial charge in [-0.1, -0.05) is 6.92 Å². The molecule has 1 aromatic rings. The van der Waals surface area contributed by atoms with Crippen LogP contribution in [-0.4, -0.2) is 23.5 Å². The smallest absolute Gasteiger partial charge is 0.237 e. The Bertz CT molecular complexity index is 358. The van der Waals surface area contributed by atoms with Gasteiger partial charge in [-0.25, -0.2) is 4.98 Å². The average molecular weight is 239 g/mol. The van der Waals surface area contributed by atoms with Crippen LogP contribution in [0.1, 0.15) is 29.7 Å². The molecule has 1 amide bonds. The number of carbonyl (C=O) groups is 1. The molecule has 5 heteroatoms. The fraction of sp³-hybridized carbons (Fsp3) is 0.636. The first kappa shape index (κ1) is 11.5. The van der Waals surface area contributed by atoms with Crippen molar-refractivity contribution in [3.8, 4) is 0 Å². The molecular formula is C11H17N3OS. The van der Waals surface area contributed by atoms with Crippen LogP contribution in [0.5, 0.6) is 0 Å². The van der Waals surface area contributed by atoms with E-state index in [0.29, 0.717) is 6.54 Å². The summed E-state index contributed by atoms with van der Waals surface area (Å²) >= 11 is 1.67. The molecule has 0 unspecified atom stereocenters. The Morgan fingerprint density at radius 2 is 2.62 bits per heavy atom. The molecule has 4 nitrogen and oxygen atoms in total. The molecule has 0 aliphatic carbocycles. The van der Waals surface area contributed by atoms with Gasteiger partial charge in [0, 0.05) is 11.1 Å². The van der Waals surface area contributed by atoms with Gasteiger partial charge in [0.15, 0.2) is 0 Å². The lowest BCUT2D eigenvalue weighted by Crippen LogP contribution is -2.39. The normalized spacial score (nSPS) is 19.9. The lowest BCUT2D eigenvalue weighted by molar-refractivity contribution is -0.122. The number of thiazole rings is 1. The standard InChI is InChI=1S/C11H17N3OS/c1-2-8-6-13-10(16-8)7-14-11(15)9-4-3-5-12-9/h6,9,12H,2-5,7H2,1H3,(H,14,15)/t9-/m0/s1. The summed E-state index contributed by atoms with van der Waals surface area (Å²) in [4.78, 5) is 17.2. The molecular weight excluding hydrogens is 222 g/mol. The number of nitrogens with zero attached hydrogens (tertiary/aromatic N) is 1. The highest BCUT2D eigenvalue weighted by atomic mass is 32.1. The molecule has 1 aliphatic heterocycles. The third kappa shape index (κ3) is 2.80. The van der Waals surface area contributed by atoms with Gasteiger partial charge in [0.05, 0.1) is 12.6 Å². The highest BCUT2D eigenvalue weighted by molar-refractivity contribution is 7.11. The minimum atomic E-state index is 0.00519. The maximum Gasteiger partial charge on any atom is 0.237 e. The molecule has 88 valence electrons. The predicted molar refractivity (Wildman–Crippen MR) is 64.4 cm³/mol. The van der Waals surface area contributed by atoms with E-state index in [1.54, 1.807) is 11.3 Å². The molecule has 1 atom stereocenters. The van der Waals surface area contributed by atoms with Crippen LogP contribution in [0.2, 0.25) is 0 Å². The second kappa shape index (κ2) is 5.41. The van der Waals surface area contributed by atoms with Crippen LogP contribution in [-0.2, 0) is 17.8 Å². The van der Waals surface area contributed by atoms with Crippen molar-refractivity contribution >= 4 is 17.2 Å². The fourth-order valence-corrected chi connectivity index (χ4v) is 2.59. The fourth-order valence-electron chi connectivity index (χ4n) is 1.79. The third-order valence-corrected chi connectivity index (χ3v) is 3.88. The summed E-state index contributed by atoms with van der Waals surface area (Å²) in [6, 6.07) is 0.00519. The molecule has 1 saturated heterocycles. The van der Waals surface area contributed by atoms with E-state index in [1.165, 1.54) is 4.88 Å². The van der Waals surface area contributed by atoms with E-state index in [4.69, 9.17) is 0 Å². The van der Waals surface area contributed by atoms with E-state index in [9.17, 15) is 4.79 Å². The van der Waals surface area contributed by atoms with Crippen LogP contribution in [0.3, 0.4) is 0 Å². The van der Waals surface area contributed by atoms with E-state index >= 15 is 0 Å². The van der Waals surface area contributed by atoms with E-state index in [2.05, 4.69) is 22.5 Å². The Hall–Kier alpha value is -0.940. The first-order valence-corrected chi connectivity index (χ1v) is 6.56. The maximum absolute atomic E-state index is 11.7. The summed E-state index contributed by atoms with van der Waals surface area (Å²) in [5.41, 5.74) is 0. The molecule has 2 N–H and O–H groups in total. The zero-order chi connectivity index (χ0) is 11.4. The van der Waals surface area contributed by atoms with Crippen LogP contribution < -0.4 is 10.6 Å². The molecule has 0 spiro atoms. The minimum Gasteiger partial charge on any atom is -0.348 e. The maximum atomic E-state index is 11.7. The van der Waals surface area contributed by atoms with Crippen molar-refractivity contribution in [3.05, 3.63) is 16.1 Å². The van der Waals surface area contributed by atoms with E-state index < -0.39 is 0 Å². The lowest BCUT2D eigenvalue weighted by Gasteiger charge is -2.09. The first-order chi connectivity index (χ1) is 7.79. The summed E-state index contributed by atoms with van der Waals surface area (Å²) in [7, 11) is 0. The molecule has 0 bridgehead atoms. The molecule has 2 heterocycles. The Kier molecular flexibility index (Phi) is 3.90. The number of hydrogen-bond donors (Lipinski definition) is 2. The van der Waals surface area contributed by atoms with Crippen molar-refractivity contribution in [1.29, 1.82) is 0 Å². The number of amides is 1. The van der Waals surface area contributed by atoms with Gasteiger partial charge in [-0.15, -0.1) is 11.3 Å². The largest absolute Gasteiger partial charge is 0.348 e. The molecule has 0 aromatic carbocycles. The minimum absolute atomic E-state index is 0.00519. The average Bonchev–Trinajstić information content (AvgIpc) is 2.96. The molecule has 0 radical (unpaired) electrons. The molecule has 2 rings (SSSR count). The van der Waals surface area contributed by atoms with Crippen molar-refractivity contribution < 1.29 is 4.79 Å². The van der Waals surface area contributed by atoms with Gasteiger partial charge < -0.3 is 10.6 Å². The summed E-state index contributed by atoms with van der Waals surface area (Å²) < 4.78 is 0. The number of aryl methyl sites for hydroxylation is 1. The number of rotatable bonds is 4. The molecule has 0 saturated carbocycles. The van der Waals surface area contributed by atoms with Crippen LogP contribution in [0.4, 0.5) is 0 Å². The molecule has 1 fully saturated rings. The van der Waals surface area contributed by atoms with Gasteiger partial charge in [-0.05, 0) is 25.8 Å². The SMILES string of the molecule is CCc1cnc(CNC(=O)[C@@H]2CCCN2)s1. The highest BCUT2D eigenvalue weighted by Gasteiger charge is 2.21. The Balaban J connectivity index is 1.80. The van der Waals surface area contributed by atoms with E-state index in [-0.39, 0.29) is 11.9 Å². The van der Waals surface area contributed by atoms with Gasteiger partial charge >= 0.3 is 0 Å². The molecule has 1 aromatic heterocycles. The topological polar surface area (TPSA) is 54.0 Å². The van der Waals surface area contributed by atoms with Crippen LogP contribution in [0.25, 0.3) is 0 Å². The van der Waals surface area contributed by atoms with Gasteiger partial charge in [0.1, 0.15) is 5.01 Å². The Labute approximate surface area is 99.5 Å². The van der Waals surface area contributed by atoms with Crippen molar-refractivity contribution in [2.45, 2.75) is 38.8 Å². The van der Waals surface area contributed by atoms with Crippen molar-refractivity contribution in [2.24, 2.45) is 0 Å². The monoisotopic (exact) mass is 239 g/mol. The van der Waals surface area contributed by atoms with E-state index in [0.717, 1.165) is 30.8 Å². The van der Waals surface area contributed by atoms with Crippen LogP contribution >= 0.6 is 11.3 Å². The lowest BCUT2D eigenvalue weighted by atomic mass is 10.2. The second-order valence-electron chi connectivity index (χ2n) is 3.94. The summed E-state index contributed by atoms with van der Waals surface area (Å²) in [5.74, 6) is 0.103.